The number of nitrogens with zero attached hydrogens (tertiary/aromatic N) is 1. The van der Waals surface area contributed by atoms with Crippen LogP contribution < -0.4 is 15.8 Å². The number of nitrogens with two attached hydrogens (primary N) is 1. The number of hydrogen-bond donors (Lipinski definition) is 2. The van der Waals surface area contributed by atoms with Crippen LogP contribution in [0.1, 0.15) is 32.3 Å². The smallest absolute Gasteiger partial charge is 0.245 e. The summed E-state index contributed by atoms with van der Waals surface area (Å²) in [6.45, 7) is 5.10. The lowest BCUT2D eigenvalue weighted by Crippen LogP contribution is -2.50. The summed E-state index contributed by atoms with van der Waals surface area (Å²) >= 11 is 0. The molecular weight excluding hydrogens is 306 g/mol. The second kappa shape index (κ2) is 8.15. The van der Waals surface area contributed by atoms with Crippen molar-refractivity contribution in [2.75, 3.05) is 13.7 Å². The molecule has 3 N–H and O–H groups in total. The topological polar surface area (TPSA) is 84.7 Å². The van der Waals surface area contributed by atoms with Crippen LogP contribution >= 0.6 is 0 Å². The molecule has 2 amide bonds. The third-order valence-corrected chi connectivity index (χ3v) is 4.71. The number of nitrogens with one attached hydrogen (secondary N) is 1. The first-order valence-electron chi connectivity index (χ1n) is 8.44. The van der Waals surface area contributed by atoms with Gasteiger partial charge in [0.15, 0.2) is 0 Å². The van der Waals surface area contributed by atoms with Crippen molar-refractivity contribution in [3.05, 3.63) is 29.8 Å². The second-order valence-corrected chi connectivity index (χ2v) is 6.37. The van der Waals surface area contributed by atoms with Gasteiger partial charge in [-0.15, -0.1) is 0 Å². The number of ether oxygens (including phenoxy) is 1. The molecule has 2 rings (SSSR count). The Balaban J connectivity index is 1.90. The van der Waals surface area contributed by atoms with Crippen molar-refractivity contribution < 1.29 is 14.3 Å². The number of carbonyl (C=O) groups excluding carboxylic acids is 2. The van der Waals surface area contributed by atoms with Gasteiger partial charge in [-0.25, -0.2) is 0 Å². The third kappa shape index (κ3) is 4.26. The number of carbonyl (C=O) groups is 2. The number of amides is 2. The average Bonchev–Trinajstić information content (AvgIpc) is 2.94. The van der Waals surface area contributed by atoms with Gasteiger partial charge in [-0.2, -0.15) is 0 Å². The lowest BCUT2D eigenvalue weighted by atomic mass is 9.99. The van der Waals surface area contributed by atoms with Gasteiger partial charge in [0.05, 0.1) is 13.2 Å². The predicted octanol–water partition coefficient (Wildman–Crippen LogP) is 1.29. The fourth-order valence-corrected chi connectivity index (χ4v) is 2.76. The Morgan fingerprint density at radius 1 is 1.42 bits per heavy atom. The van der Waals surface area contributed by atoms with Crippen LogP contribution in [-0.4, -0.2) is 42.5 Å². The first kappa shape index (κ1) is 18.3. The molecule has 24 heavy (non-hydrogen) atoms. The van der Waals surface area contributed by atoms with E-state index in [1.807, 2.05) is 38.1 Å². The maximum Gasteiger partial charge on any atom is 0.245 e. The first-order chi connectivity index (χ1) is 11.5. The molecule has 6 nitrogen and oxygen atoms in total. The van der Waals surface area contributed by atoms with Gasteiger partial charge < -0.3 is 20.7 Å². The van der Waals surface area contributed by atoms with Crippen molar-refractivity contribution >= 4 is 11.8 Å². The molecule has 0 spiro atoms. The summed E-state index contributed by atoms with van der Waals surface area (Å²) in [6, 6.07) is 6.60. The van der Waals surface area contributed by atoms with Crippen molar-refractivity contribution in [3.8, 4) is 5.75 Å². The summed E-state index contributed by atoms with van der Waals surface area (Å²) in [4.78, 5) is 26.4. The Morgan fingerprint density at radius 2 is 2.08 bits per heavy atom. The highest BCUT2D eigenvalue weighted by Crippen LogP contribution is 2.18. The molecule has 1 aromatic carbocycles. The summed E-state index contributed by atoms with van der Waals surface area (Å²) < 4.78 is 5.13. The molecule has 3 unspecified atom stereocenters. The number of likely N-dealkylation sites (tertiary alicyclic amines) is 1. The maximum atomic E-state index is 12.5. The van der Waals surface area contributed by atoms with Crippen LogP contribution in [0.4, 0.5) is 0 Å². The SMILES string of the molecule is CCC(C)C(N)C(=O)NC1CCN(Cc2ccc(OC)cc2)C1=O. The van der Waals surface area contributed by atoms with Crippen LogP contribution in [0, 0.1) is 5.92 Å². The summed E-state index contributed by atoms with van der Waals surface area (Å²) in [5.74, 6) is 0.595. The van der Waals surface area contributed by atoms with Gasteiger partial charge in [-0.1, -0.05) is 32.4 Å². The van der Waals surface area contributed by atoms with Crippen molar-refractivity contribution in [1.29, 1.82) is 0 Å². The van der Waals surface area contributed by atoms with E-state index in [0.29, 0.717) is 19.5 Å². The zero-order valence-electron chi connectivity index (χ0n) is 14.6. The first-order valence-corrected chi connectivity index (χ1v) is 8.44. The minimum atomic E-state index is -0.571. The van der Waals surface area contributed by atoms with E-state index in [4.69, 9.17) is 10.5 Å². The van der Waals surface area contributed by atoms with Gasteiger partial charge in [-0.05, 0) is 30.0 Å². The Labute approximate surface area is 143 Å². The molecule has 3 atom stereocenters. The van der Waals surface area contributed by atoms with Crippen LogP contribution in [0.3, 0.4) is 0 Å². The molecule has 1 aliphatic rings. The van der Waals surface area contributed by atoms with Gasteiger partial charge in [-0.3, -0.25) is 9.59 Å². The second-order valence-electron chi connectivity index (χ2n) is 6.37. The molecule has 1 aromatic rings. The molecule has 0 aromatic heterocycles. The van der Waals surface area contributed by atoms with Crippen LogP contribution in [0.2, 0.25) is 0 Å². The summed E-state index contributed by atoms with van der Waals surface area (Å²) in [5.41, 5.74) is 6.97. The zero-order valence-corrected chi connectivity index (χ0v) is 14.6. The lowest BCUT2D eigenvalue weighted by molar-refractivity contribution is -0.133. The quantitative estimate of drug-likeness (QED) is 0.787. The van der Waals surface area contributed by atoms with Crippen LogP contribution in [0.15, 0.2) is 24.3 Å². The molecule has 132 valence electrons. The number of methoxy groups -OCH3 is 1. The summed E-state index contributed by atoms with van der Waals surface area (Å²) in [6.07, 6.45) is 1.45. The fraction of sp³-hybridized carbons (Fsp3) is 0.556. The number of hydrogen-bond acceptors (Lipinski definition) is 4. The molecule has 6 heteroatoms. The highest BCUT2D eigenvalue weighted by Gasteiger charge is 2.34. The largest absolute Gasteiger partial charge is 0.497 e. The van der Waals surface area contributed by atoms with Crippen molar-refractivity contribution in [1.82, 2.24) is 10.2 Å². The lowest BCUT2D eigenvalue weighted by Gasteiger charge is -2.21. The molecule has 0 bridgehead atoms. The van der Waals surface area contributed by atoms with Gasteiger partial charge >= 0.3 is 0 Å². The van der Waals surface area contributed by atoms with Crippen molar-refractivity contribution in [2.24, 2.45) is 11.7 Å². The molecule has 1 saturated heterocycles. The minimum Gasteiger partial charge on any atom is -0.497 e. The van der Waals surface area contributed by atoms with E-state index < -0.39 is 12.1 Å². The normalized spacial score (nSPS) is 19.9. The minimum absolute atomic E-state index is 0.0458. The predicted molar refractivity (Wildman–Crippen MR) is 92.4 cm³/mol. The molecular formula is C18H27N3O3. The van der Waals surface area contributed by atoms with E-state index in [1.54, 1.807) is 12.0 Å². The van der Waals surface area contributed by atoms with E-state index >= 15 is 0 Å². The Bertz CT molecular complexity index is 573. The van der Waals surface area contributed by atoms with Crippen molar-refractivity contribution in [3.63, 3.8) is 0 Å². The molecule has 0 saturated carbocycles. The zero-order chi connectivity index (χ0) is 17.7. The Hall–Kier alpha value is -2.08. The van der Waals surface area contributed by atoms with E-state index in [2.05, 4.69) is 5.32 Å². The van der Waals surface area contributed by atoms with Crippen LogP contribution in [-0.2, 0) is 16.1 Å². The summed E-state index contributed by atoms with van der Waals surface area (Å²) in [7, 11) is 1.62. The summed E-state index contributed by atoms with van der Waals surface area (Å²) in [5, 5.41) is 2.80. The highest BCUT2D eigenvalue weighted by molar-refractivity contribution is 5.91. The fourth-order valence-electron chi connectivity index (χ4n) is 2.76. The number of benzene rings is 1. The van der Waals surface area contributed by atoms with Gasteiger partial charge in [0.25, 0.3) is 0 Å². The molecule has 1 aliphatic heterocycles. The Morgan fingerprint density at radius 3 is 2.67 bits per heavy atom. The number of rotatable bonds is 7. The van der Waals surface area contributed by atoms with E-state index in [9.17, 15) is 9.59 Å². The van der Waals surface area contributed by atoms with Gasteiger partial charge in [0.2, 0.25) is 11.8 Å². The average molecular weight is 333 g/mol. The highest BCUT2D eigenvalue weighted by atomic mass is 16.5. The molecule has 0 radical (unpaired) electrons. The van der Waals surface area contributed by atoms with E-state index in [-0.39, 0.29) is 17.7 Å². The monoisotopic (exact) mass is 333 g/mol. The maximum absolute atomic E-state index is 12.5. The molecule has 0 aliphatic carbocycles. The van der Waals surface area contributed by atoms with Gasteiger partial charge in [0, 0.05) is 13.1 Å². The molecule has 1 fully saturated rings. The molecule has 1 heterocycles. The third-order valence-electron chi connectivity index (χ3n) is 4.71. The van der Waals surface area contributed by atoms with E-state index in [1.165, 1.54) is 0 Å². The van der Waals surface area contributed by atoms with Crippen molar-refractivity contribution in [2.45, 2.75) is 45.3 Å². The Kier molecular flexibility index (Phi) is 6.20. The van der Waals surface area contributed by atoms with Crippen LogP contribution in [0.25, 0.3) is 0 Å². The standard InChI is InChI=1S/C18H27N3O3/c1-4-12(2)16(19)17(22)20-15-9-10-21(18(15)23)11-13-5-7-14(24-3)8-6-13/h5-8,12,15-16H,4,9-11,19H2,1-3H3,(H,20,22). The van der Waals surface area contributed by atoms with Gasteiger partial charge in [0.1, 0.15) is 11.8 Å². The van der Waals surface area contributed by atoms with Crippen LogP contribution in [0.5, 0.6) is 5.75 Å². The van der Waals surface area contributed by atoms with E-state index in [0.717, 1.165) is 17.7 Å².